The Morgan fingerprint density at radius 1 is 0.694 bits per heavy atom. The molecule has 195 valence electrons. The van der Waals surface area contributed by atoms with Gasteiger partial charge in [-0.15, -0.1) is 0 Å². The van der Waals surface area contributed by atoms with Gasteiger partial charge in [0.25, 0.3) is 7.41 Å². The van der Waals surface area contributed by atoms with Gasteiger partial charge in [-0.1, -0.05) is 53.9 Å². The predicted molar refractivity (Wildman–Crippen MR) is 136 cm³/mol. The quantitative estimate of drug-likeness (QED) is 0.287. The zero-order chi connectivity index (χ0) is 25.9. The highest BCUT2D eigenvalue weighted by atomic mass is 16.2. The lowest BCUT2D eigenvalue weighted by Crippen LogP contribution is -2.50. The normalized spacial score (nSPS) is 43.9. The van der Waals surface area contributed by atoms with Gasteiger partial charge < -0.3 is 4.81 Å². The molecule has 2 saturated heterocycles. The third-order valence-electron chi connectivity index (χ3n) is 12.3. The summed E-state index contributed by atoms with van der Waals surface area (Å²) in [7, 11) is 1.92. The lowest BCUT2D eigenvalue weighted by molar-refractivity contribution is -0.148. The van der Waals surface area contributed by atoms with Crippen LogP contribution in [-0.2, 0) is 19.2 Å². The predicted octanol–water partition coefficient (Wildman–Crippen LogP) is 4.31. The number of likely N-dealkylation sites (tertiary alicyclic amines) is 1. The summed E-state index contributed by atoms with van der Waals surface area (Å²) in [5, 5.41) is -0.165. The van der Waals surface area contributed by atoms with Crippen LogP contribution in [0.4, 0.5) is 0 Å². The van der Waals surface area contributed by atoms with Gasteiger partial charge in [0.15, 0.2) is 0 Å². The zero-order valence-corrected chi connectivity index (χ0v) is 22.8. The van der Waals surface area contributed by atoms with Crippen LogP contribution in [0.2, 0.25) is 5.31 Å². The fourth-order valence-corrected chi connectivity index (χ4v) is 10.2. The van der Waals surface area contributed by atoms with Crippen molar-refractivity contribution in [3.05, 3.63) is 0 Å². The van der Waals surface area contributed by atoms with Crippen molar-refractivity contribution in [3.63, 3.8) is 0 Å². The van der Waals surface area contributed by atoms with Crippen molar-refractivity contribution in [1.29, 1.82) is 0 Å². The first-order chi connectivity index (χ1) is 17.1. The summed E-state index contributed by atoms with van der Waals surface area (Å²) in [4.78, 5) is 58.2. The maximum absolute atomic E-state index is 13.9. The van der Waals surface area contributed by atoms with Crippen molar-refractivity contribution in [2.45, 2.75) is 97.3 Å². The van der Waals surface area contributed by atoms with Crippen LogP contribution in [-0.4, -0.2) is 46.3 Å². The fourth-order valence-electron chi connectivity index (χ4n) is 10.2. The van der Waals surface area contributed by atoms with Gasteiger partial charge in [-0.25, -0.2) is 0 Å². The molecule has 6 fully saturated rings. The molecule has 4 aliphatic carbocycles. The first-order valence-electron chi connectivity index (χ1n) is 14.7. The number of fused-ring (bicyclic) bond motifs is 15. The first kappa shape index (κ1) is 24.7. The van der Waals surface area contributed by atoms with Crippen molar-refractivity contribution in [3.8, 4) is 0 Å². The van der Waals surface area contributed by atoms with E-state index in [-0.39, 0.29) is 76.3 Å². The molecule has 1 radical (unpaired) electrons. The number of hydrogen-bond donors (Lipinski definition) is 0. The van der Waals surface area contributed by atoms with Gasteiger partial charge in [0.2, 0.25) is 23.6 Å². The Bertz CT molecular complexity index is 967. The number of rotatable bonds is 8. The molecular weight excluding hydrogens is 451 g/mol. The number of carbonyl (C=O) groups is 4. The van der Waals surface area contributed by atoms with Crippen LogP contribution in [0.1, 0.15) is 86.5 Å². The van der Waals surface area contributed by atoms with E-state index in [2.05, 4.69) is 41.5 Å². The summed E-state index contributed by atoms with van der Waals surface area (Å²) < 4.78 is 0. The molecule has 0 aromatic heterocycles. The highest BCUT2D eigenvalue weighted by molar-refractivity contribution is 6.47. The van der Waals surface area contributed by atoms with Crippen LogP contribution in [0.5, 0.6) is 0 Å². The summed E-state index contributed by atoms with van der Waals surface area (Å²) in [6.07, 6.45) is 6.18. The average molecular weight is 493 g/mol. The fraction of sp³-hybridized carbons (Fsp3) is 0.862. The van der Waals surface area contributed by atoms with E-state index >= 15 is 0 Å². The molecule has 0 aromatic carbocycles. The third-order valence-corrected chi connectivity index (χ3v) is 12.3. The number of hydrogen-bond acceptors (Lipinski definition) is 4. The van der Waals surface area contributed by atoms with Crippen LogP contribution in [0.15, 0.2) is 0 Å². The summed E-state index contributed by atoms with van der Waals surface area (Å²) in [6.45, 7) is 12.6. The minimum atomic E-state index is -0.412. The summed E-state index contributed by atoms with van der Waals surface area (Å²) in [6, 6.07) is 0. The van der Waals surface area contributed by atoms with Crippen LogP contribution in [0.25, 0.3) is 0 Å². The highest BCUT2D eigenvalue weighted by Gasteiger charge is 2.77. The molecule has 36 heavy (non-hydrogen) atoms. The van der Waals surface area contributed by atoms with Crippen LogP contribution in [0, 0.1) is 59.2 Å². The van der Waals surface area contributed by atoms with Crippen molar-refractivity contribution in [2.24, 2.45) is 59.2 Å². The zero-order valence-electron chi connectivity index (χ0n) is 22.8. The Balaban J connectivity index is 1.29. The molecule has 0 aromatic rings. The Kier molecular flexibility index (Phi) is 5.43. The van der Waals surface area contributed by atoms with E-state index in [1.807, 2.05) is 7.41 Å². The first-order valence-corrected chi connectivity index (χ1v) is 14.7. The third kappa shape index (κ3) is 2.81. The second-order valence-electron chi connectivity index (χ2n) is 13.5. The van der Waals surface area contributed by atoms with Crippen molar-refractivity contribution in [1.82, 2.24) is 9.71 Å². The largest absolute Gasteiger partial charge is 0.333 e. The number of carbonyl (C=O) groups excluding carboxylic acids is 4. The lowest BCUT2D eigenvalue weighted by atomic mass is 9.57. The van der Waals surface area contributed by atoms with E-state index in [1.165, 1.54) is 4.81 Å². The van der Waals surface area contributed by atoms with Crippen LogP contribution >= 0.6 is 0 Å². The van der Waals surface area contributed by atoms with Gasteiger partial charge in [0, 0.05) is 5.54 Å². The highest BCUT2D eigenvalue weighted by Crippen LogP contribution is 2.75. The number of amides is 4. The second-order valence-corrected chi connectivity index (χ2v) is 13.5. The molecule has 6 aliphatic rings. The number of imide groups is 2. The lowest BCUT2D eigenvalue weighted by Gasteiger charge is -2.42. The molecule has 6 rings (SSSR count). The Morgan fingerprint density at radius 3 is 1.47 bits per heavy atom. The number of nitrogens with zero attached hydrogens (tertiary/aromatic N) is 2. The van der Waals surface area contributed by atoms with Gasteiger partial charge in [0.05, 0.1) is 23.7 Å². The smallest absolute Gasteiger partial charge is 0.266 e. The second kappa shape index (κ2) is 7.93. The standard InChI is InChI=1S/C29H42BN2O4/c1-7-11-29(6,10-4)31-24(33)20-14-12-15(21(20)25(31)34)19-17-13-16(18(14)19)22-23(17)27(36)32(26(22)35)30-28(5,8-2)9-3/h14-23H,7-13H2,1-6H3/t14-,15+,16-,17+,18?,19?,20-,21+,22-,23+,29?. The average Bonchev–Trinajstić information content (AvgIpc) is 3.67. The van der Waals surface area contributed by atoms with Gasteiger partial charge in [0.1, 0.15) is 0 Å². The molecule has 4 bridgehead atoms. The van der Waals surface area contributed by atoms with E-state index in [9.17, 15) is 19.2 Å². The monoisotopic (exact) mass is 493 g/mol. The molecule has 7 heteroatoms. The van der Waals surface area contributed by atoms with Crippen LogP contribution in [0.3, 0.4) is 0 Å². The molecule has 2 aliphatic heterocycles. The summed E-state index contributed by atoms with van der Waals surface area (Å²) in [5.74, 6) is 0.664. The summed E-state index contributed by atoms with van der Waals surface area (Å²) in [5.41, 5.74) is -0.412. The van der Waals surface area contributed by atoms with Gasteiger partial charge >= 0.3 is 0 Å². The maximum atomic E-state index is 13.9. The topological polar surface area (TPSA) is 74.8 Å². The van der Waals surface area contributed by atoms with Crippen LogP contribution < -0.4 is 0 Å². The van der Waals surface area contributed by atoms with Gasteiger partial charge in [-0.3, -0.25) is 24.1 Å². The molecule has 4 amide bonds. The van der Waals surface area contributed by atoms with Gasteiger partial charge in [-0.2, -0.15) is 0 Å². The van der Waals surface area contributed by atoms with E-state index in [0.29, 0.717) is 11.8 Å². The van der Waals surface area contributed by atoms with E-state index in [4.69, 9.17) is 0 Å². The Labute approximate surface area is 216 Å². The molecule has 11 atom stereocenters. The Morgan fingerprint density at radius 2 is 1.11 bits per heavy atom. The minimum Gasteiger partial charge on any atom is -0.333 e. The Hall–Kier alpha value is -1.66. The molecule has 3 unspecified atom stereocenters. The molecule has 0 N–H and O–H groups in total. The SMILES string of the molecule is CCCC(C)(CC)N1C(=O)[C@@H]2[C@H](C1=O)[C@@H]1C[C@H]2C2C1[C@H]1C[C@@H]2[C@@H]2C(=O)N([B]C(C)(CC)CC)C(=O)[C@@H]21. The maximum Gasteiger partial charge on any atom is 0.266 e. The van der Waals surface area contributed by atoms with E-state index in [1.54, 1.807) is 4.90 Å². The van der Waals surface area contributed by atoms with Crippen molar-refractivity contribution < 1.29 is 19.2 Å². The summed E-state index contributed by atoms with van der Waals surface area (Å²) >= 11 is 0. The van der Waals surface area contributed by atoms with Gasteiger partial charge in [-0.05, 0) is 73.4 Å². The molecule has 6 nitrogen and oxygen atoms in total. The van der Waals surface area contributed by atoms with E-state index in [0.717, 1.165) is 44.9 Å². The molecule has 4 saturated carbocycles. The van der Waals surface area contributed by atoms with Crippen molar-refractivity contribution in [2.75, 3.05) is 0 Å². The minimum absolute atomic E-state index is 0.000328. The molecule has 2 heterocycles. The van der Waals surface area contributed by atoms with Crippen molar-refractivity contribution >= 4 is 31.0 Å². The molecular formula is C29H42BN2O4. The van der Waals surface area contributed by atoms with E-state index < -0.39 is 5.54 Å². The molecule has 0 spiro atoms.